The molecule has 0 saturated carbocycles. The number of aromatic nitrogens is 4. The second-order valence-corrected chi connectivity index (χ2v) is 16.4. The molecule has 2 aliphatic heterocycles. The van der Waals surface area contributed by atoms with E-state index in [0.717, 1.165) is 0 Å². The van der Waals surface area contributed by atoms with Gasteiger partial charge >= 0.3 is 17.8 Å². The molecular formula is C44H50F2N8O9. The first-order valence-electron chi connectivity index (χ1n) is 20.6. The maximum atomic E-state index is 14.9. The Morgan fingerprint density at radius 2 is 1.57 bits per heavy atom. The van der Waals surface area contributed by atoms with E-state index < -0.39 is 60.1 Å². The SMILES string of the molecule is COC(=O)N[C@H](C(=O)N(Cc1ncc(-c2ccc3c4c(c(=O)oc3c2)-c2ccc(-c3cnc([C@@H]5CC(F)CN5C(=O)[C@@H](NC(=O)OC)C(C)C)[nH]3)cc2OC4)[nH]1)C[C@@H](C)F)C(C)C. The minimum Gasteiger partial charge on any atom is -0.488 e. The molecule has 5 atom stereocenters. The minimum atomic E-state index is -1.35. The van der Waals surface area contributed by atoms with E-state index in [9.17, 15) is 32.8 Å². The van der Waals surface area contributed by atoms with Crippen molar-refractivity contribution in [3.63, 3.8) is 0 Å². The molecule has 4 amide bonds. The minimum absolute atomic E-state index is 0.0275. The van der Waals surface area contributed by atoms with Gasteiger partial charge in [0.1, 0.15) is 54.0 Å². The molecule has 0 aliphatic carbocycles. The van der Waals surface area contributed by atoms with E-state index in [1.54, 1.807) is 64.4 Å². The number of alkyl halides is 2. The van der Waals surface area contributed by atoms with Crippen molar-refractivity contribution in [1.29, 1.82) is 0 Å². The van der Waals surface area contributed by atoms with Gasteiger partial charge in [-0.2, -0.15) is 0 Å². The number of amides is 4. The van der Waals surface area contributed by atoms with Gasteiger partial charge in [-0.1, -0.05) is 45.9 Å². The zero-order valence-electron chi connectivity index (χ0n) is 35.9. The first-order valence-corrected chi connectivity index (χ1v) is 20.6. The highest BCUT2D eigenvalue weighted by molar-refractivity contribution is 5.92. The number of fused-ring (bicyclic) bond motifs is 5. The van der Waals surface area contributed by atoms with Crippen molar-refractivity contribution in [2.24, 2.45) is 11.8 Å². The molecule has 1 saturated heterocycles. The number of H-pyrrole nitrogens is 2. The number of carbonyl (C=O) groups excluding carboxylic acids is 4. The number of carbonyl (C=O) groups is 4. The Hall–Kier alpha value is -6.79. The van der Waals surface area contributed by atoms with E-state index in [0.29, 0.717) is 67.6 Å². The molecule has 2 aromatic carbocycles. The summed E-state index contributed by atoms with van der Waals surface area (Å²) in [5.74, 6) is -0.331. The molecule has 7 rings (SSSR count). The van der Waals surface area contributed by atoms with Gasteiger partial charge < -0.3 is 49.0 Å². The topological polar surface area (TPSA) is 214 Å². The number of hydrogen-bond acceptors (Lipinski definition) is 11. The normalized spacial score (nSPS) is 17.1. The Labute approximate surface area is 360 Å². The highest BCUT2D eigenvalue weighted by Gasteiger charge is 2.42. The Kier molecular flexibility index (Phi) is 12.8. The second kappa shape index (κ2) is 18.3. The van der Waals surface area contributed by atoms with Gasteiger partial charge in [-0.3, -0.25) is 9.59 Å². The van der Waals surface area contributed by atoms with Gasteiger partial charge in [0.25, 0.3) is 0 Å². The third-order valence-electron chi connectivity index (χ3n) is 11.2. The number of aromatic amines is 2. The molecule has 2 aliphatic rings. The van der Waals surface area contributed by atoms with Crippen LogP contribution >= 0.6 is 0 Å². The molecular weight excluding hydrogens is 823 g/mol. The number of imidazole rings is 2. The summed E-state index contributed by atoms with van der Waals surface area (Å²) in [5, 5.41) is 5.76. The quantitative estimate of drug-likeness (QED) is 0.0979. The summed E-state index contributed by atoms with van der Waals surface area (Å²) in [7, 11) is 2.40. The molecule has 1 fully saturated rings. The number of methoxy groups -OCH3 is 2. The second-order valence-electron chi connectivity index (χ2n) is 16.4. The molecule has 334 valence electrons. The number of alkyl carbamates (subject to hydrolysis) is 2. The van der Waals surface area contributed by atoms with Crippen LogP contribution in [0.3, 0.4) is 0 Å². The predicted octanol–water partition coefficient (Wildman–Crippen LogP) is 6.19. The van der Waals surface area contributed by atoms with Gasteiger partial charge in [0.15, 0.2) is 0 Å². The van der Waals surface area contributed by atoms with Crippen LogP contribution < -0.4 is 21.0 Å². The molecule has 4 N–H and O–H groups in total. The summed E-state index contributed by atoms with van der Waals surface area (Å²) in [6, 6.07) is 8.10. The Morgan fingerprint density at radius 3 is 2.25 bits per heavy atom. The lowest BCUT2D eigenvalue weighted by Crippen LogP contribution is -2.52. The maximum Gasteiger partial charge on any atom is 0.407 e. The summed E-state index contributed by atoms with van der Waals surface area (Å²) < 4.78 is 50.7. The van der Waals surface area contributed by atoms with Crippen LogP contribution in [0.15, 0.2) is 58.0 Å². The zero-order valence-corrected chi connectivity index (χ0v) is 35.9. The fraction of sp³-hybridized carbons (Fsp3) is 0.432. The molecule has 0 bridgehead atoms. The van der Waals surface area contributed by atoms with E-state index >= 15 is 0 Å². The summed E-state index contributed by atoms with van der Waals surface area (Å²) in [6.45, 7) is 8.04. The van der Waals surface area contributed by atoms with Crippen molar-refractivity contribution in [2.45, 2.75) is 84.7 Å². The fourth-order valence-electron chi connectivity index (χ4n) is 8.04. The third-order valence-corrected chi connectivity index (χ3v) is 11.2. The van der Waals surface area contributed by atoms with Crippen LogP contribution in [0.1, 0.15) is 64.3 Å². The van der Waals surface area contributed by atoms with E-state index in [4.69, 9.17) is 13.9 Å². The van der Waals surface area contributed by atoms with Gasteiger partial charge in [0.2, 0.25) is 11.8 Å². The predicted molar refractivity (Wildman–Crippen MR) is 226 cm³/mol. The number of halogens is 2. The van der Waals surface area contributed by atoms with Gasteiger partial charge in [-0.25, -0.2) is 33.1 Å². The first kappa shape index (κ1) is 44.3. The van der Waals surface area contributed by atoms with Crippen LogP contribution in [-0.4, -0.2) is 105 Å². The zero-order chi connectivity index (χ0) is 45.3. The number of rotatable bonds is 13. The van der Waals surface area contributed by atoms with Crippen molar-refractivity contribution in [1.82, 2.24) is 40.4 Å². The van der Waals surface area contributed by atoms with Crippen LogP contribution in [0.5, 0.6) is 5.75 Å². The average Bonchev–Trinajstić information content (AvgIpc) is 4.03. The van der Waals surface area contributed by atoms with Crippen molar-refractivity contribution in [3.05, 3.63) is 76.4 Å². The highest BCUT2D eigenvalue weighted by Crippen LogP contribution is 2.41. The summed E-state index contributed by atoms with van der Waals surface area (Å²) in [6.07, 6.45) is -0.994. The van der Waals surface area contributed by atoms with Crippen LogP contribution in [0.25, 0.3) is 44.6 Å². The highest BCUT2D eigenvalue weighted by atomic mass is 19.1. The number of hydrogen-bond donors (Lipinski definition) is 4. The standard InChI is InChI=1S/C44H50F2N8O9/c1-21(2)37(51-43(58)60-6)40(55)53(17-23(5)45)19-35-47-15-30(49-35)25-8-10-27-29-20-62-33-12-24(9-11-28(33)36(29)42(57)63-34(27)13-25)31-16-48-39(50-31)32-14-26(46)18-54(32)41(56)38(22(3)4)52-44(59)61-7/h8-13,15-16,21-23,26,32,37-38H,14,17-20H2,1-7H3,(H,47,49)(H,48,50)(H,51,58)(H,52,59)/t23-,26?,32+,37+,38+/m1/s1. The molecule has 3 aromatic heterocycles. The largest absolute Gasteiger partial charge is 0.488 e. The van der Waals surface area contributed by atoms with Gasteiger partial charge in [0.05, 0.1) is 69.2 Å². The molecule has 19 heteroatoms. The van der Waals surface area contributed by atoms with Crippen LogP contribution in [0, 0.1) is 11.8 Å². The molecule has 17 nitrogen and oxygen atoms in total. The van der Waals surface area contributed by atoms with E-state index in [-0.39, 0.29) is 44.5 Å². The molecule has 5 heterocycles. The van der Waals surface area contributed by atoms with Gasteiger partial charge in [-0.05, 0) is 37.0 Å². The smallest absolute Gasteiger partial charge is 0.407 e. The molecule has 0 spiro atoms. The average molecular weight is 873 g/mol. The fourth-order valence-corrected chi connectivity index (χ4v) is 8.04. The maximum absolute atomic E-state index is 14.9. The van der Waals surface area contributed by atoms with Crippen LogP contribution in [-0.2, 0) is 32.2 Å². The molecule has 1 unspecified atom stereocenters. The first-order chi connectivity index (χ1) is 30.1. The van der Waals surface area contributed by atoms with Crippen molar-refractivity contribution < 1.29 is 46.6 Å². The van der Waals surface area contributed by atoms with Crippen LogP contribution in [0.2, 0.25) is 0 Å². The Bertz CT molecular complexity index is 2590. The number of likely N-dealkylation sites (tertiary alicyclic amines) is 1. The lowest BCUT2D eigenvalue weighted by molar-refractivity contribution is -0.136. The summed E-state index contributed by atoms with van der Waals surface area (Å²) in [5.41, 5.74) is 3.74. The molecule has 5 aromatic rings. The van der Waals surface area contributed by atoms with Crippen molar-refractivity contribution in [3.8, 4) is 39.4 Å². The van der Waals surface area contributed by atoms with Gasteiger partial charge in [-0.15, -0.1) is 0 Å². The van der Waals surface area contributed by atoms with Crippen LogP contribution in [0.4, 0.5) is 18.4 Å². The summed E-state index contributed by atoms with van der Waals surface area (Å²) >= 11 is 0. The number of benzene rings is 2. The number of nitrogens with zero attached hydrogens (tertiary/aromatic N) is 4. The third kappa shape index (κ3) is 9.22. The monoisotopic (exact) mass is 872 g/mol. The molecule has 63 heavy (non-hydrogen) atoms. The molecule has 0 radical (unpaired) electrons. The van der Waals surface area contributed by atoms with Gasteiger partial charge in [0, 0.05) is 34.1 Å². The Morgan fingerprint density at radius 1 is 0.921 bits per heavy atom. The van der Waals surface area contributed by atoms with Crippen molar-refractivity contribution in [2.75, 3.05) is 27.3 Å². The van der Waals surface area contributed by atoms with E-state index in [1.807, 2.05) is 12.1 Å². The van der Waals surface area contributed by atoms with E-state index in [2.05, 4.69) is 35.3 Å². The number of nitrogens with one attached hydrogen (secondary N) is 4. The lowest BCUT2D eigenvalue weighted by atomic mass is 9.94. The summed E-state index contributed by atoms with van der Waals surface area (Å²) in [4.78, 5) is 82.8. The Balaban J connectivity index is 1.10. The number of ether oxygens (including phenoxy) is 3. The van der Waals surface area contributed by atoms with Crippen molar-refractivity contribution >= 4 is 35.0 Å². The lowest BCUT2D eigenvalue weighted by Gasteiger charge is -2.29. The van der Waals surface area contributed by atoms with E-state index in [1.165, 1.54) is 30.9 Å².